The van der Waals surface area contributed by atoms with Gasteiger partial charge >= 0.3 is 6.18 Å². The maximum Gasteiger partial charge on any atom is 0.433 e. The van der Waals surface area contributed by atoms with Crippen molar-refractivity contribution >= 4 is 17.8 Å². The molecule has 2 aliphatic rings. The number of alkyl halides is 3. The van der Waals surface area contributed by atoms with Crippen molar-refractivity contribution in [1.82, 2.24) is 0 Å². The summed E-state index contributed by atoms with van der Waals surface area (Å²) in [4.78, 5) is 8.66. The lowest BCUT2D eigenvalue weighted by Crippen LogP contribution is -2.22. The molecule has 0 aliphatic carbocycles. The van der Waals surface area contributed by atoms with Crippen molar-refractivity contribution in [2.45, 2.75) is 11.1 Å². The van der Waals surface area contributed by atoms with Crippen LogP contribution in [-0.2, 0) is 0 Å². The predicted molar refractivity (Wildman–Crippen MR) is 62.7 cm³/mol. The predicted octanol–water partition coefficient (Wildman–Crippen LogP) is 2.46. The van der Waals surface area contributed by atoms with E-state index in [-0.39, 0.29) is 0 Å². The number of allylic oxidation sites excluding steroid dienone is 1. The van der Waals surface area contributed by atoms with Crippen LogP contribution in [0.3, 0.4) is 0 Å². The third-order valence-corrected chi connectivity index (χ3v) is 3.52. The Balaban J connectivity index is 2.18. The Morgan fingerprint density at radius 1 is 1.17 bits per heavy atom. The maximum absolute atomic E-state index is 12.6. The Labute approximate surface area is 105 Å². The van der Waals surface area contributed by atoms with Crippen molar-refractivity contribution in [3.63, 3.8) is 0 Å². The van der Waals surface area contributed by atoms with Crippen LogP contribution in [0.2, 0.25) is 0 Å². The standard InChI is InChI=1S/C12H7F3N2S/c13-12(14,15)11-6-18-10-5-8-7(2-1-3-16-8)4-9(10)17-11/h1-2,4-6H,3H2. The van der Waals surface area contributed by atoms with Gasteiger partial charge in [-0.2, -0.15) is 13.2 Å². The summed E-state index contributed by atoms with van der Waals surface area (Å²) in [6.45, 7) is 0.608. The number of nitrogens with zero attached hydrogens (tertiary/aromatic N) is 2. The second-order valence-electron chi connectivity index (χ2n) is 3.85. The summed E-state index contributed by atoms with van der Waals surface area (Å²) < 4.78 is 37.7. The second kappa shape index (κ2) is 3.98. The number of hydrogen-bond acceptors (Lipinski definition) is 3. The molecule has 2 heterocycles. The molecule has 1 aromatic carbocycles. The lowest BCUT2D eigenvalue weighted by atomic mass is 10.1. The summed E-state index contributed by atoms with van der Waals surface area (Å²) in [5.41, 5.74) is -0.0375. The summed E-state index contributed by atoms with van der Waals surface area (Å²) >= 11 is 1.04. The summed E-state index contributed by atoms with van der Waals surface area (Å²) in [5.74, 6) is 0. The molecule has 0 fully saturated rings. The van der Waals surface area contributed by atoms with E-state index in [0.29, 0.717) is 16.8 Å². The van der Waals surface area contributed by atoms with Crippen LogP contribution in [0.4, 0.5) is 13.2 Å². The zero-order valence-electron chi connectivity index (χ0n) is 9.03. The van der Waals surface area contributed by atoms with E-state index in [1.54, 1.807) is 12.1 Å². The Morgan fingerprint density at radius 2 is 2.00 bits per heavy atom. The highest BCUT2D eigenvalue weighted by Crippen LogP contribution is 2.32. The number of fused-ring (bicyclic) bond motifs is 2. The molecule has 0 saturated heterocycles. The van der Waals surface area contributed by atoms with Crippen molar-refractivity contribution < 1.29 is 13.2 Å². The molecule has 2 aliphatic heterocycles. The molecule has 2 nitrogen and oxygen atoms in total. The minimum Gasteiger partial charge on any atom is -0.281 e. The molecule has 6 heteroatoms. The van der Waals surface area contributed by atoms with Crippen LogP contribution < -0.4 is 10.7 Å². The average Bonchev–Trinajstić information content (AvgIpc) is 2.34. The van der Waals surface area contributed by atoms with E-state index in [4.69, 9.17) is 0 Å². The lowest BCUT2D eigenvalue weighted by molar-refractivity contribution is -0.0925. The Morgan fingerprint density at radius 3 is 2.78 bits per heavy atom. The Kier molecular flexibility index (Phi) is 2.55. The molecule has 0 N–H and O–H groups in total. The van der Waals surface area contributed by atoms with Crippen LogP contribution in [0.25, 0.3) is 6.08 Å². The van der Waals surface area contributed by atoms with E-state index >= 15 is 0 Å². The third kappa shape index (κ3) is 1.96. The zero-order valence-corrected chi connectivity index (χ0v) is 9.85. The van der Waals surface area contributed by atoms with Gasteiger partial charge in [0.1, 0.15) is 0 Å². The smallest absolute Gasteiger partial charge is 0.281 e. The van der Waals surface area contributed by atoms with E-state index in [1.807, 2.05) is 12.2 Å². The largest absolute Gasteiger partial charge is 0.433 e. The fourth-order valence-electron chi connectivity index (χ4n) is 1.76. The van der Waals surface area contributed by atoms with E-state index in [2.05, 4.69) is 9.98 Å². The highest BCUT2D eigenvalue weighted by molar-refractivity contribution is 8.02. The molecule has 3 rings (SSSR count). The number of benzene rings is 1. The number of hydrogen-bond donors (Lipinski definition) is 0. The van der Waals surface area contributed by atoms with Gasteiger partial charge in [-0.1, -0.05) is 23.9 Å². The zero-order chi connectivity index (χ0) is 12.8. The van der Waals surface area contributed by atoms with Gasteiger partial charge in [-0.3, -0.25) is 4.99 Å². The first-order valence-corrected chi connectivity index (χ1v) is 6.10. The molecule has 0 saturated carbocycles. The molecule has 18 heavy (non-hydrogen) atoms. The molecule has 0 aromatic heterocycles. The van der Waals surface area contributed by atoms with Crippen LogP contribution in [0.15, 0.2) is 44.2 Å². The molecule has 0 bridgehead atoms. The molecule has 0 unspecified atom stereocenters. The summed E-state index contributed by atoms with van der Waals surface area (Å²) in [6, 6.07) is 3.43. The molecular weight excluding hydrogens is 261 g/mol. The second-order valence-corrected chi connectivity index (χ2v) is 4.76. The molecule has 92 valence electrons. The first kappa shape index (κ1) is 11.5. The highest BCUT2D eigenvalue weighted by atomic mass is 32.2. The molecule has 1 aromatic rings. The van der Waals surface area contributed by atoms with Crippen LogP contribution in [-0.4, -0.2) is 12.7 Å². The monoisotopic (exact) mass is 268 g/mol. The van der Waals surface area contributed by atoms with Gasteiger partial charge in [-0.25, -0.2) is 4.99 Å². The van der Waals surface area contributed by atoms with E-state index in [0.717, 1.165) is 28.1 Å². The molecule has 0 spiro atoms. The van der Waals surface area contributed by atoms with Crippen molar-refractivity contribution in [2.75, 3.05) is 6.54 Å². The topological polar surface area (TPSA) is 24.7 Å². The molecular formula is C12H7F3N2S. The summed E-state index contributed by atoms with van der Waals surface area (Å²) in [7, 11) is 0. The average molecular weight is 268 g/mol. The van der Waals surface area contributed by atoms with Crippen molar-refractivity contribution in [3.05, 3.63) is 45.6 Å². The first-order chi connectivity index (χ1) is 8.54. The number of halogens is 3. The van der Waals surface area contributed by atoms with Gasteiger partial charge in [0, 0.05) is 15.9 Å². The number of rotatable bonds is 0. The SMILES string of the molecule is FC(F)(F)C1=CSc2cc3c(cc2=N1)C=CCN=3. The molecule has 0 atom stereocenters. The van der Waals surface area contributed by atoms with E-state index in [1.165, 1.54) is 0 Å². The van der Waals surface area contributed by atoms with Gasteiger partial charge < -0.3 is 0 Å². The maximum atomic E-state index is 12.6. The van der Waals surface area contributed by atoms with Gasteiger partial charge in [0.2, 0.25) is 0 Å². The normalized spacial score (nSPS) is 17.2. The van der Waals surface area contributed by atoms with Crippen molar-refractivity contribution in [3.8, 4) is 0 Å². The van der Waals surface area contributed by atoms with E-state index in [9.17, 15) is 13.2 Å². The van der Waals surface area contributed by atoms with Gasteiger partial charge in [0.25, 0.3) is 0 Å². The number of thioether (sulfide) groups is 1. The van der Waals surface area contributed by atoms with Crippen LogP contribution in [0.5, 0.6) is 0 Å². The molecule has 0 amide bonds. The van der Waals surface area contributed by atoms with Crippen LogP contribution in [0.1, 0.15) is 5.56 Å². The lowest BCUT2D eigenvalue weighted by Gasteiger charge is -2.12. The third-order valence-electron chi connectivity index (χ3n) is 2.60. The summed E-state index contributed by atoms with van der Waals surface area (Å²) in [6.07, 6.45) is -0.680. The van der Waals surface area contributed by atoms with Gasteiger partial charge in [0.05, 0.1) is 17.3 Å². The molecule has 0 radical (unpaired) electrons. The Hall–Kier alpha value is -1.56. The minimum atomic E-state index is -4.40. The van der Waals surface area contributed by atoms with Crippen molar-refractivity contribution in [2.24, 2.45) is 9.98 Å². The van der Waals surface area contributed by atoms with Crippen LogP contribution in [0, 0.1) is 0 Å². The van der Waals surface area contributed by atoms with Crippen molar-refractivity contribution in [1.29, 1.82) is 0 Å². The van der Waals surface area contributed by atoms with Gasteiger partial charge in [-0.05, 0) is 12.1 Å². The van der Waals surface area contributed by atoms with Gasteiger partial charge in [-0.15, -0.1) is 0 Å². The first-order valence-electron chi connectivity index (χ1n) is 5.22. The quantitative estimate of drug-likeness (QED) is 0.709. The fourth-order valence-corrected chi connectivity index (χ4v) is 2.59. The highest BCUT2D eigenvalue weighted by Gasteiger charge is 2.34. The van der Waals surface area contributed by atoms with Gasteiger partial charge in [0.15, 0.2) is 5.70 Å². The minimum absolute atomic E-state index is 0.357. The summed E-state index contributed by atoms with van der Waals surface area (Å²) in [5, 5.41) is 2.20. The Bertz CT molecular complexity index is 686. The van der Waals surface area contributed by atoms with Crippen LogP contribution >= 0.6 is 11.8 Å². The fraction of sp³-hybridized carbons (Fsp3) is 0.167. The van der Waals surface area contributed by atoms with E-state index < -0.39 is 11.9 Å².